The monoisotopic (exact) mass is 352 g/mol. The number of rotatable bonds is 2. The standard InChI is InChI=1S/C14H13IN2O/c1-9-3-6-14(18)13(7-9)17-16-12-5-4-11(15)8-10(12)2/h3-8,18H,1-2H3. The molecule has 0 unspecified atom stereocenters. The van der Waals surface area contributed by atoms with Crippen molar-refractivity contribution in [3.63, 3.8) is 0 Å². The summed E-state index contributed by atoms with van der Waals surface area (Å²) in [5, 5.41) is 18.0. The molecule has 18 heavy (non-hydrogen) atoms. The number of nitrogens with zero attached hydrogens (tertiary/aromatic N) is 2. The van der Waals surface area contributed by atoms with E-state index in [0.29, 0.717) is 5.69 Å². The van der Waals surface area contributed by atoms with E-state index in [1.807, 2.05) is 38.1 Å². The van der Waals surface area contributed by atoms with Gasteiger partial charge in [-0.3, -0.25) is 0 Å². The average Bonchev–Trinajstić information content (AvgIpc) is 2.32. The summed E-state index contributed by atoms with van der Waals surface area (Å²) in [5.41, 5.74) is 3.42. The van der Waals surface area contributed by atoms with Crippen LogP contribution in [0, 0.1) is 17.4 Å². The van der Waals surface area contributed by atoms with Crippen LogP contribution in [0.4, 0.5) is 11.4 Å². The minimum Gasteiger partial charge on any atom is -0.506 e. The fraction of sp³-hybridized carbons (Fsp3) is 0.143. The number of aromatic hydroxyl groups is 1. The molecule has 0 amide bonds. The first-order valence-electron chi connectivity index (χ1n) is 5.54. The molecule has 0 saturated carbocycles. The van der Waals surface area contributed by atoms with Crippen molar-refractivity contribution in [1.82, 2.24) is 0 Å². The smallest absolute Gasteiger partial charge is 0.143 e. The fourth-order valence-electron chi connectivity index (χ4n) is 1.55. The minimum absolute atomic E-state index is 0.146. The molecule has 0 spiro atoms. The summed E-state index contributed by atoms with van der Waals surface area (Å²) in [6.07, 6.45) is 0. The maximum Gasteiger partial charge on any atom is 0.143 e. The number of azo groups is 1. The van der Waals surface area contributed by atoms with Gasteiger partial charge in [-0.25, -0.2) is 0 Å². The molecule has 2 aromatic rings. The Morgan fingerprint density at radius 2 is 1.67 bits per heavy atom. The van der Waals surface area contributed by atoms with Gasteiger partial charge in [-0.2, -0.15) is 5.11 Å². The summed E-state index contributed by atoms with van der Waals surface area (Å²) in [4.78, 5) is 0. The zero-order valence-electron chi connectivity index (χ0n) is 10.2. The molecule has 0 atom stereocenters. The number of halogens is 1. The highest BCUT2D eigenvalue weighted by molar-refractivity contribution is 14.1. The quantitative estimate of drug-likeness (QED) is 0.598. The third kappa shape index (κ3) is 3.07. The van der Waals surface area contributed by atoms with Gasteiger partial charge in [-0.05, 0) is 77.9 Å². The van der Waals surface area contributed by atoms with Gasteiger partial charge < -0.3 is 5.11 Å². The first kappa shape index (κ1) is 13.0. The van der Waals surface area contributed by atoms with Crippen LogP contribution in [0.15, 0.2) is 46.6 Å². The second-order valence-electron chi connectivity index (χ2n) is 4.12. The minimum atomic E-state index is 0.146. The summed E-state index contributed by atoms with van der Waals surface area (Å²) < 4.78 is 1.17. The molecule has 0 aliphatic heterocycles. The summed E-state index contributed by atoms with van der Waals surface area (Å²) in [6, 6.07) is 11.2. The van der Waals surface area contributed by atoms with Gasteiger partial charge in [-0.15, -0.1) is 5.11 Å². The fourth-order valence-corrected chi connectivity index (χ4v) is 2.20. The highest BCUT2D eigenvalue weighted by atomic mass is 127. The van der Waals surface area contributed by atoms with E-state index in [1.165, 1.54) is 3.57 Å². The van der Waals surface area contributed by atoms with Crippen LogP contribution in [-0.4, -0.2) is 5.11 Å². The Kier molecular flexibility index (Phi) is 3.96. The van der Waals surface area contributed by atoms with E-state index in [-0.39, 0.29) is 5.75 Å². The second-order valence-corrected chi connectivity index (χ2v) is 5.37. The number of hydrogen-bond acceptors (Lipinski definition) is 3. The van der Waals surface area contributed by atoms with E-state index < -0.39 is 0 Å². The summed E-state index contributed by atoms with van der Waals surface area (Å²) in [7, 11) is 0. The van der Waals surface area contributed by atoms with Crippen LogP contribution in [0.2, 0.25) is 0 Å². The number of hydrogen-bond donors (Lipinski definition) is 1. The summed E-state index contributed by atoms with van der Waals surface area (Å²) in [5.74, 6) is 0.146. The van der Waals surface area contributed by atoms with Crippen molar-refractivity contribution < 1.29 is 5.11 Å². The maximum absolute atomic E-state index is 9.67. The van der Waals surface area contributed by atoms with E-state index in [1.54, 1.807) is 12.1 Å². The largest absolute Gasteiger partial charge is 0.506 e. The van der Waals surface area contributed by atoms with Gasteiger partial charge in [0.25, 0.3) is 0 Å². The van der Waals surface area contributed by atoms with E-state index >= 15 is 0 Å². The molecular weight excluding hydrogens is 339 g/mol. The first-order chi connectivity index (χ1) is 8.56. The van der Waals surface area contributed by atoms with Crippen LogP contribution in [0.5, 0.6) is 5.75 Å². The molecule has 1 N–H and O–H groups in total. The molecule has 2 aromatic carbocycles. The van der Waals surface area contributed by atoms with Crippen LogP contribution < -0.4 is 0 Å². The summed E-state index contributed by atoms with van der Waals surface area (Å²) in [6.45, 7) is 3.95. The molecule has 4 heteroatoms. The number of aryl methyl sites for hydroxylation is 2. The SMILES string of the molecule is Cc1ccc(O)c(N=Nc2ccc(I)cc2C)c1. The van der Waals surface area contributed by atoms with Crippen LogP contribution in [0.3, 0.4) is 0 Å². The zero-order valence-corrected chi connectivity index (χ0v) is 12.3. The molecule has 0 heterocycles. The average molecular weight is 352 g/mol. The Labute approximate surface area is 120 Å². The Balaban J connectivity index is 2.32. The molecule has 3 nitrogen and oxygen atoms in total. The van der Waals surface area contributed by atoms with Gasteiger partial charge in [0.1, 0.15) is 11.4 Å². The van der Waals surface area contributed by atoms with E-state index in [0.717, 1.165) is 16.8 Å². The van der Waals surface area contributed by atoms with Crippen LogP contribution in [-0.2, 0) is 0 Å². The molecule has 0 saturated heterocycles. The lowest BCUT2D eigenvalue weighted by Crippen LogP contribution is -1.76. The first-order valence-corrected chi connectivity index (χ1v) is 6.61. The van der Waals surface area contributed by atoms with Crippen molar-refractivity contribution in [3.8, 4) is 5.75 Å². The van der Waals surface area contributed by atoms with Crippen molar-refractivity contribution in [3.05, 3.63) is 51.1 Å². The Bertz CT molecular complexity index is 609. The molecule has 0 bridgehead atoms. The molecule has 92 valence electrons. The van der Waals surface area contributed by atoms with Gasteiger partial charge in [0.05, 0.1) is 5.69 Å². The lowest BCUT2D eigenvalue weighted by Gasteiger charge is -2.01. The molecule has 0 aliphatic carbocycles. The second kappa shape index (κ2) is 5.48. The molecule has 0 fully saturated rings. The lowest BCUT2D eigenvalue weighted by molar-refractivity contribution is 0.476. The van der Waals surface area contributed by atoms with Gasteiger partial charge in [0.2, 0.25) is 0 Å². The van der Waals surface area contributed by atoms with Crippen molar-refractivity contribution in [2.45, 2.75) is 13.8 Å². The van der Waals surface area contributed by atoms with Gasteiger partial charge in [0.15, 0.2) is 0 Å². The normalized spacial score (nSPS) is 11.1. The van der Waals surface area contributed by atoms with Crippen LogP contribution in [0.1, 0.15) is 11.1 Å². The molecular formula is C14H13IN2O. The molecule has 0 aliphatic rings. The van der Waals surface area contributed by atoms with Crippen molar-refractivity contribution in [2.24, 2.45) is 10.2 Å². The van der Waals surface area contributed by atoms with E-state index in [4.69, 9.17) is 0 Å². The Morgan fingerprint density at radius 1 is 0.944 bits per heavy atom. The predicted octanol–water partition coefficient (Wildman–Crippen LogP) is 5.03. The molecule has 0 radical (unpaired) electrons. The highest BCUT2D eigenvalue weighted by Crippen LogP contribution is 2.30. The number of benzene rings is 2. The number of phenols is 1. The topological polar surface area (TPSA) is 45.0 Å². The van der Waals surface area contributed by atoms with Crippen LogP contribution in [0.25, 0.3) is 0 Å². The van der Waals surface area contributed by atoms with Gasteiger partial charge >= 0.3 is 0 Å². The zero-order chi connectivity index (χ0) is 13.1. The third-order valence-corrected chi connectivity index (χ3v) is 3.23. The van der Waals surface area contributed by atoms with E-state index in [2.05, 4.69) is 32.8 Å². The Hall–Kier alpha value is -1.43. The van der Waals surface area contributed by atoms with Crippen molar-refractivity contribution in [2.75, 3.05) is 0 Å². The summed E-state index contributed by atoms with van der Waals surface area (Å²) >= 11 is 2.26. The predicted molar refractivity (Wildman–Crippen MR) is 80.9 cm³/mol. The Morgan fingerprint density at radius 3 is 2.39 bits per heavy atom. The molecule has 2 rings (SSSR count). The highest BCUT2D eigenvalue weighted by Gasteiger charge is 2.01. The maximum atomic E-state index is 9.67. The van der Waals surface area contributed by atoms with Crippen molar-refractivity contribution in [1.29, 1.82) is 0 Å². The van der Waals surface area contributed by atoms with Crippen LogP contribution >= 0.6 is 22.6 Å². The third-order valence-electron chi connectivity index (χ3n) is 2.56. The van der Waals surface area contributed by atoms with Gasteiger partial charge in [-0.1, -0.05) is 6.07 Å². The lowest BCUT2D eigenvalue weighted by atomic mass is 10.2. The van der Waals surface area contributed by atoms with Gasteiger partial charge in [0, 0.05) is 3.57 Å². The molecule has 0 aromatic heterocycles. The van der Waals surface area contributed by atoms with Crippen molar-refractivity contribution >= 4 is 34.0 Å². The van der Waals surface area contributed by atoms with E-state index in [9.17, 15) is 5.11 Å². The number of phenolic OH excluding ortho intramolecular Hbond substituents is 1.